The van der Waals surface area contributed by atoms with Gasteiger partial charge in [0.2, 0.25) is 5.91 Å². The summed E-state index contributed by atoms with van der Waals surface area (Å²) < 4.78 is 6.98. The number of methoxy groups -OCH3 is 1. The van der Waals surface area contributed by atoms with Crippen LogP contribution in [0.5, 0.6) is 5.75 Å². The summed E-state index contributed by atoms with van der Waals surface area (Å²) in [6.07, 6.45) is 0.822. The van der Waals surface area contributed by atoms with E-state index in [1.807, 2.05) is 18.5 Å². The standard InChI is InChI=1S/C14H18N4O2S/c1-4-12-16-17-14(18(12)2)21-9-13(19)15-10-5-7-11(20-3)8-6-10/h5-8H,4,9H2,1-3H3,(H,15,19). The Bertz CT molecular complexity index is 610. The van der Waals surface area contributed by atoms with Gasteiger partial charge in [0, 0.05) is 19.2 Å². The lowest BCUT2D eigenvalue weighted by molar-refractivity contribution is -0.113. The fraction of sp³-hybridized carbons (Fsp3) is 0.357. The molecular weight excluding hydrogens is 288 g/mol. The van der Waals surface area contributed by atoms with Gasteiger partial charge < -0.3 is 14.6 Å². The van der Waals surface area contributed by atoms with Crippen molar-refractivity contribution in [2.24, 2.45) is 7.05 Å². The normalized spacial score (nSPS) is 10.4. The molecule has 112 valence electrons. The van der Waals surface area contributed by atoms with Crippen LogP contribution in [0.2, 0.25) is 0 Å². The van der Waals surface area contributed by atoms with Gasteiger partial charge in [-0.25, -0.2) is 0 Å². The van der Waals surface area contributed by atoms with Gasteiger partial charge in [-0.1, -0.05) is 18.7 Å². The van der Waals surface area contributed by atoms with Crippen molar-refractivity contribution in [2.75, 3.05) is 18.2 Å². The minimum Gasteiger partial charge on any atom is -0.497 e. The Morgan fingerprint density at radius 3 is 2.62 bits per heavy atom. The lowest BCUT2D eigenvalue weighted by Crippen LogP contribution is -2.14. The number of hydrogen-bond acceptors (Lipinski definition) is 5. The van der Waals surface area contributed by atoms with Gasteiger partial charge in [-0.05, 0) is 24.3 Å². The van der Waals surface area contributed by atoms with E-state index in [1.165, 1.54) is 11.8 Å². The van der Waals surface area contributed by atoms with E-state index >= 15 is 0 Å². The molecule has 1 heterocycles. The van der Waals surface area contributed by atoms with E-state index in [1.54, 1.807) is 31.4 Å². The maximum absolute atomic E-state index is 11.9. The number of hydrogen-bond donors (Lipinski definition) is 1. The number of carbonyl (C=O) groups excluding carboxylic acids is 1. The number of thioether (sulfide) groups is 1. The zero-order chi connectivity index (χ0) is 15.2. The SMILES string of the molecule is CCc1nnc(SCC(=O)Nc2ccc(OC)cc2)n1C. The van der Waals surface area contributed by atoms with Gasteiger partial charge in [0.1, 0.15) is 11.6 Å². The number of nitrogens with zero attached hydrogens (tertiary/aromatic N) is 3. The van der Waals surface area contributed by atoms with Crippen LogP contribution in [0.3, 0.4) is 0 Å². The number of benzene rings is 1. The van der Waals surface area contributed by atoms with Crippen molar-refractivity contribution in [2.45, 2.75) is 18.5 Å². The quantitative estimate of drug-likeness (QED) is 0.828. The Morgan fingerprint density at radius 2 is 2.05 bits per heavy atom. The summed E-state index contributed by atoms with van der Waals surface area (Å²) in [6, 6.07) is 7.22. The molecule has 0 saturated carbocycles. The number of aromatic nitrogens is 3. The first-order valence-corrected chi connectivity index (χ1v) is 7.57. The number of nitrogens with one attached hydrogen (secondary N) is 1. The predicted molar refractivity (Wildman–Crippen MR) is 82.7 cm³/mol. The van der Waals surface area contributed by atoms with Crippen molar-refractivity contribution in [3.63, 3.8) is 0 Å². The zero-order valence-corrected chi connectivity index (χ0v) is 13.1. The van der Waals surface area contributed by atoms with E-state index in [9.17, 15) is 4.79 Å². The van der Waals surface area contributed by atoms with Crippen molar-refractivity contribution in [1.82, 2.24) is 14.8 Å². The Kier molecular flexibility index (Phi) is 5.21. The van der Waals surface area contributed by atoms with Gasteiger partial charge in [-0.2, -0.15) is 0 Å². The molecule has 1 amide bonds. The molecule has 0 spiro atoms. The van der Waals surface area contributed by atoms with Gasteiger partial charge in [-0.15, -0.1) is 10.2 Å². The van der Waals surface area contributed by atoms with Gasteiger partial charge in [0.05, 0.1) is 12.9 Å². The highest BCUT2D eigenvalue weighted by Gasteiger charge is 2.10. The highest BCUT2D eigenvalue weighted by atomic mass is 32.2. The Balaban J connectivity index is 1.87. The fourth-order valence-electron chi connectivity index (χ4n) is 1.78. The topological polar surface area (TPSA) is 69.0 Å². The molecule has 21 heavy (non-hydrogen) atoms. The van der Waals surface area contributed by atoms with Crippen molar-refractivity contribution in [3.05, 3.63) is 30.1 Å². The molecule has 1 aromatic carbocycles. The number of amides is 1. The molecule has 2 rings (SSSR count). The molecule has 1 aromatic heterocycles. The minimum atomic E-state index is -0.0776. The second-order valence-corrected chi connectivity index (χ2v) is 5.32. The number of aryl methyl sites for hydroxylation is 1. The van der Waals surface area contributed by atoms with E-state index in [0.717, 1.165) is 28.8 Å². The number of ether oxygens (including phenoxy) is 1. The third-order valence-electron chi connectivity index (χ3n) is 2.95. The first-order chi connectivity index (χ1) is 10.1. The second kappa shape index (κ2) is 7.12. The molecule has 0 aliphatic carbocycles. The van der Waals surface area contributed by atoms with Gasteiger partial charge in [0.15, 0.2) is 5.16 Å². The first-order valence-electron chi connectivity index (χ1n) is 6.59. The highest BCUT2D eigenvalue weighted by molar-refractivity contribution is 7.99. The lowest BCUT2D eigenvalue weighted by atomic mass is 10.3. The van der Waals surface area contributed by atoms with Crippen LogP contribution in [0, 0.1) is 0 Å². The summed E-state index contributed by atoms with van der Waals surface area (Å²) in [5.74, 6) is 1.88. The van der Waals surface area contributed by atoms with Crippen LogP contribution in [0.15, 0.2) is 29.4 Å². The third kappa shape index (κ3) is 3.98. The smallest absolute Gasteiger partial charge is 0.234 e. The van der Waals surface area contributed by atoms with Crippen molar-refractivity contribution < 1.29 is 9.53 Å². The molecule has 0 unspecified atom stereocenters. The lowest BCUT2D eigenvalue weighted by Gasteiger charge is -2.06. The highest BCUT2D eigenvalue weighted by Crippen LogP contribution is 2.18. The van der Waals surface area contributed by atoms with Crippen molar-refractivity contribution in [1.29, 1.82) is 0 Å². The van der Waals surface area contributed by atoms with E-state index in [4.69, 9.17) is 4.74 Å². The average molecular weight is 306 g/mol. The maximum Gasteiger partial charge on any atom is 0.234 e. The monoisotopic (exact) mass is 306 g/mol. The van der Waals surface area contributed by atoms with Crippen LogP contribution < -0.4 is 10.1 Å². The van der Waals surface area contributed by atoms with Crippen LogP contribution in [-0.4, -0.2) is 33.5 Å². The molecule has 6 nitrogen and oxygen atoms in total. The Morgan fingerprint density at radius 1 is 1.33 bits per heavy atom. The molecule has 0 aliphatic rings. The van der Waals surface area contributed by atoms with Crippen LogP contribution in [0.1, 0.15) is 12.7 Å². The van der Waals surface area contributed by atoms with E-state index in [2.05, 4.69) is 15.5 Å². The molecule has 0 bridgehead atoms. The fourth-order valence-corrected chi connectivity index (χ4v) is 2.51. The number of rotatable bonds is 6. The molecule has 7 heteroatoms. The maximum atomic E-state index is 11.9. The molecule has 2 aromatic rings. The molecule has 1 N–H and O–H groups in total. The summed E-state index contributed by atoms with van der Waals surface area (Å²) in [7, 11) is 3.51. The molecule has 0 fully saturated rings. The van der Waals surface area contributed by atoms with Crippen LogP contribution in [0.25, 0.3) is 0 Å². The first kappa shape index (κ1) is 15.4. The summed E-state index contributed by atoms with van der Waals surface area (Å²) in [5, 5.41) is 11.7. The van der Waals surface area contributed by atoms with Gasteiger partial charge >= 0.3 is 0 Å². The van der Waals surface area contributed by atoms with E-state index in [0.29, 0.717) is 5.75 Å². The zero-order valence-electron chi connectivity index (χ0n) is 12.3. The Hall–Kier alpha value is -2.02. The van der Waals surface area contributed by atoms with Crippen molar-refractivity contribution in [3.8, 4) is 5.75 Å². The molecule has 0 saturated heterocycles. The molecule has 0 aliphatic heterocycles. The molecule has 0 radical (unpaired) electrons. The summed E-state index contributed by atoms with van der Waals surface area (Å²) in [5.41, 5.74) is 0.744. The van der Waals surface area contributed by atoms with Crippen molar-refractivity contribution >= 4 is 23.4 Å². The van der Waals surface area contributed by atoms with E-state index < -0.39 is 0 Å². The largest absolute Gasteiger partial charge is 0.497 e. The second-order valence-electron chi connectivity index (χ2n) is 4.38. The summed E-state index contributed by atoms with van der Waals surface area (Å²) >= 11 is 1.37. The van der Waals surface area contributed by atoms with E-state index in [-0.39, 0.29) is 5.91 Å². The van der Waals surface area contributed by atoms with Gasteiger partial charge in [0.25, 0.3) is 0 Å². The molecule has 0 atom stereocenters. The predicted octanol–water partition coefficient (Wildman–Crippen LogP) is 2.12. The number of anilines is 1. The van der Waals surface area contributed by atoms with Crippen LogP contribution in [-0.2, 0) is 18.3 Å². The summed E-state index contributed by atoms with van der Waals surface area (Å²) in [4.78, 5) is 11.9. The van der Waals surface area contributed by atoms with Crippen LogP contribution in [0.4, 0.5) is 5.69 Å². The Labute approximate surface area is 127 Å². The average Bonchev–Trinajstić information content (AvgIpc) is 2.86. The van der Waals surface area contributed by atoms with Crippen LogP contribution >= 0.6 is 11.8 Å². The number of carbonyl (C=O) groups is 1. The third-order valence-corrected chi connectivity index (χ3v) is 3.97. The summed E-state index contributed by atoms with van der Waals surface area (Å²) in [6.45, 7) is 2.02. The van der Waals surface area contributed by atoms with Gasteiger partial charge in [-0.3, -0.25) is 4.79 Å². The minimum absolute atomic E-state index is 0.0776. The molecular formula is C14H18N4O2S.